The highest BCUT2D eigenvalue weighted by molar-refractivity contribution is 9.10. The van der Waals surface area contributed by atoms with E-state index in [0.29, 0.717) is 12.6 Å². The van der Waals surface area contributed by atoms with E-state index in [1.165, 1.54) is 19.3 Å². The normalized spacial score (nSPS) is 20.3. The van der Waals surface area contributed by atoms with Gasteiger partial charge >= 0.3 is 0 Å². The molecular formula is C13H22BrN3O. The van der Waals surface area contributed by atoms with Crippen molar-refractivity contribution in [1.29, 1.82) is 0 Å². The van der Waals surface area contributed by atoms with E-state index < -0.39 is 0 Å². The van der Waals surface area contributed by atoms with Gasteiger partial charge in [0.05, 0.1) is 29.1 Å². The Hall–Kier alpha value is -0.390. The molecule has 0 saturated carbocycles. The Morgan fingerprint density at radius 2 is 2.33 bits per heavy atom. The number of nitrogens with one attached hydrogen (secondary N) is 1. The SMILES string of the molecule is CCn1nc(C)c(Br)c1COCC1CCCCN1. The number of aromatic nitrogens is 2. The summed E-state index contributed by atoms with van der Waals surface area (Å²) in [5, 5.41) is 7.96. The Morgan fingerprint density at radius 3 is 3.00 bits per heavy atom. The fourth-order valence-corrected chi connectivity index (χ4v) is 2.77. The van der Waals surface area contributed by atoms with Crippen LogP contribution in [0.15, 0.2) is 4.47 Å². The highest BCUT2D eigenvalue weighted by atomic mass is 79.9. The molecule has 1 aliphatic heterocycles. The number of piperidine rings is 1. The lowest BCUT2D eigenvalue weighted by Gasteiger charge is -2.23. The number of ether oxygens (including phenoxy) is 1. The van der Waals surface area contributed by atoms with Crippen LogP contribution in [0, 0.1) is 6.92 Å². The molecule has 1 unspecified atom stereocenters. The highest BCUT2D eigenvalue weighted by Crippen LogP contribution is 2.22. The van der Waals surface area contributed by atoms with Crippen molar-refractivity contribution in [2.75, 3.05) is 13.2 Å². The molecular weight excluding hydrogens is 294 g/mol. The molecule has 5 heteroatoms. The van der Waals surface area contributed by atoms with Crippen LogP contribution in [0.5, 0.6) is 0 Å². The van der Waals surface area contributed by atoms with Crippen LogP contribution in [0.4, 0.5) is 0 Å². The minimum Gasteiger partial charge on any atom is -0.374 e. The van der Waals surface area contributed by atoms with Gasteiger partial charge in [-0.3, -0.25) is 4.68 Å². The van der Waals surface area contributed by atoms with Crippen LogP contribution >= 0.6 is 15.9 Å². The zero-order valence-corrected chi connectivity index (χ0v) is 12.8. The van der Waals surface area contributed by atoms with Crippen molar-refractivity contribution in [2.45, 2.75) is 52.3 Å². The molecule has 0 amide bonds. The van der Waals surface area contributed by atoms with Crippen LogP contribution in [-0.4, -0.2) is 29.0 Å². The smallest absolute Gasteiger partial charge is 0.0897 e. The maximum atomic E-state index is 5.84. The molecule has 1 aliphatic rings. The molecule has 2 rings (SSSR count). The van der Waals surface area contributed by atoms with Gasteiger partial charge in [0.2, 0.25) is 0 Å². The van der Waals surface area contributed by atoms with Crippen molar-refractivity contribution in [2.24, 2.45) is 0 Å². The lowest BCUT2D eigenvalue weighted by atomic mass is 10.1. The van der Waals surface area contributed by atoms with Crippen LogP contribution in [0.25, 0.3) is 0 Å². The summed E-state index contributed by atoms with van der Waals surface area (Å²) in [6.45, 7) is 7.55. The zero-order valence-electron chi connectivity index (χ0n) is 11.2. The molecule has 102 valence electrons. The largest absolute Gasteiger partial charge is 0.374 e. The molecule has 18 heavy (non-hydrogen) atoms. The molecule has 0 spiro atoms. The minimum absolute atomic E-state index is 0.525. The van der Waals surface area contributed by atoms with Gasteiger partial charge in [0.15, 0.2) is 0 Å². The van der Waals surface area contributed by atoms with Gasteiger partial charge in [-0.05, 0) is 49.2 Å². The summed E-state index contributed by atoms with van der Waals surface area (Å²) in [5.74, 6) is 0. The van der Waals surface area contributed by atoms with Gasteiger partial charge in [0.1, 0.15) is 0 Å². The average molecular weight is 316 g/mol. The number of hydrogen-bond donors (Lipinski definition) is 1. The number of halogens is 1. The van der Waals surface area contributed by atoms with Crippen molar-refractivity contribution >= 4 is 15.9 Å². The van der Waals surface area contributed by atoms with Gasteiger partial charge in [0, 0.05) is 12.6 Å². The number of aryl methyl sites for hydroxylation is 2. The second kappa shape index (κ2) is 6.68. The van der Waals surface area contributed by atoms with E-state index in [1.54, 1.807) is 0 Å². The van der Waals surface area contributed by atoms with Crippen molar-refractivity contribution in [1.82, 2.24) is 15.1 Å². The van der Waals surface area contributed by atoms with E-state index >= 15 is 0 Å². The Morgan fingerprint density at radius 1 is 1.50 bits per heavy atom. The Bertz CT molecular complexity index is 386. The monoisotopic (exact) mass is 315 g/mol. The minimum atomic E-state index is 0.525. The van der Waals surface area contributed by atoms with Crippen molar-refractivity contribution in [3.05, 3.63) is 15.9 Å². The van der Waals surface area contributed by atoms with Crippen molar-refractivity contribution < 1.29 is 4.74 Å². The summed E-state index contributed by atoms with van der Waals surface area (Å²) < 4.78 is 8.93. The predicted molar refractivity (Wildman–Crippen MR) is 75.6 cm³/mol. The van der Waals surface area contributed by atoms with E-state index in [-0.39, 0.29) is 0 Å². The molecule has 0 aliphatic carbocycles. The molecule has 1 aromatic heterocycles. The van der Waals surface area contributed by atoms with Crippen LogP contribution in [0.1, 0.15) is 37.6 Å². The number of nitrogens with zero attached hydrogens (tertiary/aromatic N) is 2. The van der Waals surface area contributed by atoms with E-state index in [1.807, 2.05) is 11.6 Å². The maximum Gasteiger partial charge on any atom is 0.0897 e. The van der Waals surface area contributed by atoms with Gasteiger partial charge in [-0.15, -0.1) is 0 Å². The molecule has 4 nitrogen and oxygen atoms in total. The second-order valence-electron chi connectivity index (χ2n) is 4.82. The molecule has 0 aromatic carbocycles. The standard InChI is InChI=1S/C13H22BrN3O/c1-3-17-12(13(14)10(2)16-17)9-18-8-11-6-4-5-7-15-11/h11,15H,3-9H2,1-2H3. The highest BCUT2D eigenvalue weighted by Gasteiger charge is 2.15. The summed E-state index contributed by atoms with van der Waals surface area (Å²) in [6, 6.07) is 0.525. The summed E-state index contributed by atoms with van der Waals surface area (Å²) in [5.41, 5.74) is 2.18. The van der Waals surface area contributed by atoms with Gasteiger partial charge in [-0.2, -0.15) is 5.10 Å². The Balaban J connectivity index is 1.85. The first-order valence-electron chi connectivity index (χ1n) is 6.75. The quantitative estimate of drug-likeness (QED) is 0.908. The first-order valence-corrected chi connectivity index (χ1v) is 7.54. The van der Waals surface area contributed by atoms with Gasteiger partial charge < -0.3 is 10.1 Å². The summed E-state index contributed by atoms with van der Waals surface area (Å²) in [6.07, 6.45) is 3.84. The molecule has 1 saturated heterocycles. The van der Waals surface area contributed by atoms with Gasteiger partial charge in [-0.25, -0.2) is 0 Å². The maximum absolute atomic E-state index is 5.84. The van der Waals surface area contributed by atoms with Gasteiger partial charge in [-0.1, -0.05) is 6.42 Å². The molecule has 1 fully saturated rings. The van der Waals surface area contributed by atoms with Crippen molar-refractivity contribution in [3.8, 4) is 0 Å². The first-order chi connectivity index (χ1) is 8.72. The topological polar surface area (TPSA) is 39.1 Å². The van der Waals surface area contributed by atoms with Crippen LogP contribution in [-0.2, 0) is 17.9 Å². The second-order valence-corrected chi connectivity index (χ2v) is 5.62. The molecule has 1 N–H and O–H groups in total. The molecule has 0 radical (unpaired) electrons. The number of hydrogen-bond acceptors (Lipinski definition) is 3. The van der Waals surface area contributed by atoms with Crippen LogP contribution in [0.2, 0.25) is 0 Å². The van der Waals surface area contributed by atoms with E-state index in [9.17, 15) is 0 Å². The fraction of sp³-hybridized carbons (Fsp3) is 0.769. The van der Waals surface area contributed by atoms with Crippen LogP contribution < -0.4 is 5.32 Å². The van der Waals surface area contributed by atoms with E-state index in [4.69, 9.17) is 4.74 Å². The van der Waals surface area contributed by atoms with Crippen LogP contribution in [0.3, 0.4) is 0 Å². The molecule has 1 aromatic rings. The summed E-state index contributed by atoms with van der Waals surface area (Å²) in [7, 11) is 0. The molecule has 1 atom stereocenters. The number of rotatable bonds is 5. The third-order valence-corrected chi connectivity index (χ3v) is 4.45. The first kappa shape index (κ1) is 14.0. The van der Waals surface area contributed by atoms with Gasteiger partial charge in [0.25, 0.3) is 0 Å². The zero-order chi connectivity index (χ0) is 13.0. The van der Waals surface area contributed by atoms with E-state index in [2.05, 4.69) is 33.3 Å². The lowest BCUT2D eigenvalue weighted by molar-refractivity contribution is 0.0862. The molecule has 2 heterocycles. The summed E-state index contributed by atoms with van der Waals surface area (Å²) >= 11 is 3.59. The summed E-state index contributed by atoms with van der Waals surface area (Å²) in [4.78, 5) is 0. The third kappa shape index (κ3) is 3.33. The van der Waals surface area contributed by atoms with E-state index in [0.717, 1.165) is 35.6 Å². The molecule has 0 bridgehead atoms. The fourth-order valence-electron chi connectivity index (χ4n) is 2.37. The Labute approximate surface area is 117 Å². The predicted octanol–water partition coefficient (Wildman–Crippen LogP) is 2.63. The average Bonchev–Trinajstić information content (AvgIpc) is 2.67. The Kier molecular flexibility index (Phi) is 5.21. The third-order valence-electron chi connectivity index (χ3n) is 3.42. The van der Waals surface area contributed by atoms with Crippen molar-refractivity contribution in [3.63, 3.8) is 0 Å². The lowest BCUT2D eigenvalue weighted by Crippen LogP contribution is -2.37.